The first-order valence-electron chi connectivity index (χ1n) is 9.68. The highest BCUT2D eigenvalue weighted by Gasteiger charge is 2.46. The Balaban J connectivity index is 1.99. The number of nitrogens with zero attached hydrogens (tertiary/aromatic N) is 3. The molecule has 0 aliphatic rings. The first-order valence-corrected chi connectivity index (χ1v) is 11.2. The van der Waals surface area contributed by atoms with Crippen molar-refractivity contribution in [3.05, 3.63) is 64.5 Å². The van der Waals surface area contributed by atoms with E-state index in [1.807, 2.05) is 0 Å². The molecule has 0 saturated heterocycles. The third-order valence-corrected chi connectivity index (χ3v) is 6.33. The Morgan fingerprint density at radius 1 is 1.21 bits per heavy atom. The Morgan fingerprint density at radius 2 is 1.85 bits per heavy atom. The van der Waals surface area contributed by atoms with Crippen molar-refractivity contribution in [2.24, 2.45) is 0 Å². The van der Waals surface area contributed by atoms with Crippen molar-refractivity contribution in [2.45, 2.75) is 30.8 Å². The lowest BCUT2D eigenvalue weighted by Crippen LogP contribution is -2.25. The molecule has 2 heterocycles. The Labute approximate surface area is 191 Å². The minimum Gasteiger partial charge on any atom is -0.493 e. The van der Waals surface area contributed by atoms with E-state index in [1.54, 1.807) is 13.0 Å². The summed E-state index contributed by atoms with van der Waals surface area (Å²) in [5.41, 5.74) is -5.44. The van der Waals surface area contributed by atoms with Gasteiger partial charge in [0.25, 0.3) is 9.84 Å². The van der Waals surface area contributed by atoms with Crippen LogP contribution in [0.2, 0.25) is 0 Å². The quantitative estimate of drug-likeness (QED) is 0.532. The monoisotopic (exact) mass is 500 g/mol. The zero-order valence-electron chi connectivity index (χ0n) is 17.8. The van der Waals surface area contributed by atoms with Crippen molar-refractivity contribution < 1.29 is 36.2 Å². The maximum absolute atomic E-state index is 13.0. The maximum Gasteiger partial charge on any atom is 0.501 e. The van der Waals surface area contributed by atoms with Gasteiger partial charge in [0, 0.05) is 6.20 Å². The van der Waals surface area contributed by atoms with Gasteiger partial charge in [0.2, 0.25) is 5.88 Å². The van der Waals surface area contributed by atoms with Gasteiger partial charge in [-0.3, -0.25) is 14.9 Å². The van der Waals surface area contributed by atoms with Gasteiger partial charge in [0.05, 0.1) is 41.3 Å². The molecule has 14 heteroatoms. The van der Waals surface area contributed by atoms with Crippen LogP contribution in [0.1, 0.15) is 18.2 Å². The van der Waals surface area contributed by atoms with E-state index in [0.717, 1.165) is 16.7 Å². The number of pyridine rings is 1. The normalized spacial score (nSPS) is 11.9. The summed E-state index contributed by atoms with van der Waals surface area (Å²) in [6.45, 7) is 3.11. The van der Waals surface area contributed by atoms with Gasteiger partial charge in [-0.25, -0.2) is 22.6 Å². The fraction of sp³-hybridized carbons (Fsp3) is 0.250. The molecule has 1 aromatic carbocycles. The van der Waals surface area contributed by atoms with Crippen LogP contribution in [0.4, 0.5) is 23.7 Å². The lowest BCUT2D eigenvalue weighted by molar-refractivity contribution is -0.0436. The van der Waals surface area contributed by atoms with Crippen molar-refractivity contribution in [3.63, 3.8) is 0 Å². The third kappa shape index (κ3) is 4.62. The number of amides is 1. The number of hydrogen-bond donors (Lipinski definition) is 2. The van der Waals surface area contributed by atoms with Gasteiger partial charge in [-0.2, -0.15) is 13.2 Å². The van der Waals surface area contributed by atoms with E-state index < -0.39 is 37.9 Å². The molecule has 0 fully saturated rings. The van der Waals surface area contributed by atoms with Crippen LogP contribution in [0.3, 0.4) is 0 Å². The van der Waals surface area contributed by atoms with E-state index in [4.69, 9.17) is 4.74 Å². The Morgan fingerprint density at radius 3 is 2.44 bits per heavy atom. The number of anilines is 1. The fourth-order valence-corrected chi connectivity index (χ4v) is 3.85. The number of imidazole rings is 1. The number of halogens is 3. The molecule has 0 unspecified atom stereocenters. The molecular formula is C20H19F3N4O6S. The molecule has 182 valence electrons. The lowest BCUT2D eigenvalue weighted by atomic mass is 10.2. The molecule has 0 aliphatic carbocycles. The SMILES string of the molecule is CCOC(=O)Nc1cnccc1Cn1c(C)c(O)n(-c2ccc(S(=O)(=O)C(F)(F)F)cc2)c1=O. The number of aromatic nitrogens is 3. The first-order chi connectivity index (χ1) is 15.9. The first kappa shape index (κ1) is 24.8. The molecular weight excluding hydrogens is 481 g/mol. The number of nitrogens with one attached hydrogen (secondary N) is 1. The molecule has 3 aromatic rings. The van der Waals surface area contributed by atoms with Crippen LogP contribution in [0, 0.1) is 6.92 Å². The van der Waals surface area contributed by atoms with E-state index in [-0.39, 0.29) is 30.2 Å². The van der Waals surface area contributed by atoms with Crippen LogP contribution in [0.5, 0.6) is 5.88 Å². The molecule has 3 rings (SSSR count). The number of carbonyl (C=O) groups excluding carboxylic acids is 1. The minimum atomic E-state index is -5.56. The highest BCUT2D eigenvalue weighted by atomic mass is 32.2. The number of hydrogen-bond acceptors (Lipinski definition) is 7. The van der Waals surface area contributed by atoms with Crippen molar-refractivity contribution in [2.75, 3.05) is 11.9 Å². The predicted molar refractivity (Wildman–Crippen MR) is 114 cm³/mol. The lowest BCUT2D eigenvalue weighted by Gasteiger charge is -2.11. The van der Waals surface area contributed by atoms with Gasteiger partial charge < -0.3 is 9.84 Å². The Bertz CT molecular complexity index is 1380. The average Bonchev–Trinajstić information content (AvgIpc) is 2.97. The average molecular weight is 500 g/mol. The van der Waals surface area contributed by atoms with Crippen LogP contribution in [0.15, 0.2) is 52.4 Å². The summed E-state index contributed by atoms with van der Waals surface area (Å²) < 4.78 is 68.2. The largest absolute Gasteiger partial charge is 0.501 e. The number of sulfone groups is 1. The van der Waals surface area contributed by atoms with Crippen LogP contribution >= 0.6 is 0 Å². The Hall–Kier alpha value is -3.81. The number of alkyl halides is 3. The second-order valence-corrected chi connectivity index (χ2v) is 8.88. The predicted octanol–water partition coefficient (Wildman–Crippen LogP) is 2.96. The third-order valence-electron chi connectivity index (χ3n) is 4.82. The van der Waals surface area contributed by atoms with Crippen molar-refractivity contribution in [1.82, 2.24) is 14.1 Å². The van der Waals surface area contributed by atoms with Crippen LogP contribution in [-0.4, -0.2) is 45.9 Å². The summed E-state index contributed by atoms with van der Waals surface area (Å²) in [6.07, 6.45) is 2.06. The molecule has 0 atom stereocenters. The summed E-state index contributed by atoms with van der Waals surface area (Å²) in [7, 11) is -5.56. The van der Waals surface area contributed by atoms with Gasteiger partial charge in [-0.15, -0.1) is 0 Å². The van der Waals surface area contributed by atoms with Gasteiger partial charge in [0.15, 0.2) is 0 Å². The molecule has 0 radical (unpaired) electrons. The highest BCUT2D eigenvalue weighted by Crippen LogP contribution is 2.31. The zero-order chi connectivity index (χ0) is 25.3. The molecule has 0 aliphatic heterocycles. The topological polar surface area (TPSA) is 133 Å². The van der Waals surface area contributed by atoms with E-state index in [0.29, 0.717) is 17.7 Å². The number of rotatable bonds is 6. The van der Waals surface area contributed by atoms with Crippen LogP contribution in [0.25, 0.3) is 5.69 Å². The number of aromatic hydroxyl groups is 1. The molecule has 34 heavy (non-hydrogen) atoms. The second kappa shape index (κ2) is 9.21. The smallest absolute Gasteiger partial charge is 0.493 e. The molecule has 2 N–H and O–H groups in total. The Kier molecular flexibility index (Phi) is 6.72. The summed E-state index contributed by atoms with van der Waals surface area (Å²) >= 11 is 0. The maximum atomic E-state index is 13.0. The van der Waals surface area contributed by atoms with E-state index in [1.165, 1.54) is 23.9 Å². The summed E-state index contributed by atoms with van der Waals surface area (Å²) in [4.78, 5) is 27.7. The van der Waals surface area contributed by atoms with Gasteiger partial charge >= 0.3 is 17.3 Å². The second-order valence-electron chi connectivity index (χ2n) is 6.93. The summed E-state index contributed by atoms with van der Waals surface area (Å²) in [5.74, 6) is -0.495. The van der Waals surface area contributed by atoms with Gasteiger partial charge in [-0.05, 0) is 49.7 Å². The molecule has 10 nitrogen and oxygen atoms in total. The zero-order valence-corrected chi connectivity index (χ0v) is 18.6. The molecule has 0 spiro atoms. The van der Waals surface area contributed by atoms with Crippen LogP contribution < -0.4 is 11.0 Å². The number of ether oxygens (including phenoxy) is 1. The van der Waals surface area contributed by atoms with Crippen molar-refractivity contribution in [1.29, 1.82) is 0 Å². The highest BCUT2D eigenvalue weighted by molar-refractivity contribution is 7.92. The number of benzene rings is 1. The van der Waals surface area contributed by atoms with E-state index in [2.05, 4.69) is 10.3 Å². The molecule has 2 aromatic heterocycles. The van der Waals surface area contributed by atoms with Crippen molar-refractivity contribution >= 4 is 21.6 Å². The van der Waals surface area contributed by atoms with Gasteiger partial charge in [0.1, 0.15) is 0 Å². The van der Waals surface area contributed by atoms with E-state index in [9.17, 15) is 36.3 Å². The summed E-state index contributed by atoms with van der Waals surface area (Å²) in [5, 5.41) is 13.0. The molecule has 1 amide bonds. The van der Waals surface area contributed by atoms with E-state index >= 15 is 0 Å². The number of carbonyl (C=O) groups is 1. The fourth-order valence-electron chi connectivity index (χ4n) is 3.09. The van der Waals surface area contributed by atoms with Crippen molar-refractivity contribution in [3.8, 4) is 11.6 Å². The molecule has 0 saturated carbocycles. The van der Waals surface area contributed by atoms with Crippen LogP contribution in [-0.2, 0) is 21.1 Å². The standard InChI is InChI=1S/C20H19F3N4O6S/c1-3-33-18(29)25-16-10-24-9-8-13(16)11-26-12(2)17(28)27(19(26)30)14-4-6-15(7-5-14)34(31,32)20(21,22)23/h4-10,28H,3,11H2,1-2H3,(H,25,29). The summed E-state index contributed by atoms with van der Waals surface area (Å²) in [6, 6.07) is 4.88. The minimum absolute atomic E-state index is 0.0509. The molecule has 0 bridgehead atoms. The van der Waals surface area contributed by atoms with Gasteiger partial charge in [-0.1, -0.05) is 0 Å².